The van der Waals surface area contributed by atoms with Gasteiger partial charge in [-0.1, -0.05) is 48.5 Å². The van der Waals surface area contributed by atoms with Gasteiger partial charge in [-0.3, -0.25) is 9.59 Å². The van der Waals surface area contributed by atoms with Crippen LogP contribution in [0.1, 0.15) is 5.56 Å². The summed E-state index contributed by atoms with van der Waals surface area (Å²) in [5.41, 5.74) is 0.961. The average molecular weight is 353 g/mol. The number of rotatable bonds is 8. The van der Waals surface area contributed by atoms with E-state index in [-0.39, 0.29) is 12.5 Å². The zero-order chi connectivity index (χ0) is 17.9. The normalized spacial score (nSPS) is 11.2. The van der Waals surface area contributed by atoms with Gasteiger partial charge in [0.2, 0.25) is 11.8 Å². The molecule has 2 amide bonds. The fraction of sp³-hybridized carbons (Fsp3) is 0.211. The third-order valence-corrected chi connectivity index (χ3v) is 4.55. The Hall–Kier alpha value is -2.78. The molecule has 2 rings (SSSR count). The van der Waals surface area contributed by atoms with E-state index in [9.17, 15) is 9.59 Å². The van der Waals surface area contributed by atoms with Gasteiger partial charge < -0.3 is 10.6 Å². The fourth-order valence-electron chi connectivity index (χ4n) is 2.12. The van der Waals surface area contributed by atoms with E-state index in [4.69, 9.17) is 5.26 Å². The number of thioether (sulfide) groups is 1. The smallest absolute Gasteiger partial charge is 0.234 e. The Labute approximate surface area is 151 Å². The minimum atomic E-state index is -0.859. The van der Waals surface area contributed by atoms with E-state index in [1.165, 1.54) is 11.8 Å². The number of nitrogens with zero attached hydrogens (tertiary/aromatic N) is 1. The van der Waals surface area contributed by atoms with Crippen LogP contribution in [0, 0.1) is 17.2 Å². The van der Waals surface area contributed by atoms with Gasteiger partial charge in [-0.2, -0.15) is 5.26 Å². The third kappa shape index (κ3) is 6.32. The summed E-state index contributed by atoms with van der Waals surface area (Å²) in [4.78, 5) is 25.7. The predicted molar refractivity (Wildman–Crippen MR) is 97.6 cm³/mol. The Morgan fingerprint density at radius 2 is 1.56 bits per heavy atom. The van der Waals surface area contributed by atoms with Crippen LogP contribution < -0.4 is 10.6 Å². The van der Waals surface area contributed by atoms with E-state index >= 15 is 0 Å². The highest BCUT2D eigenvalue weighted by Crippen LogP contribution is 2.20. The minimum absolute atomic E-state index is 0.114. The van der Waals surface area contributed by atoms with Gasteiger partial charge in [0, 0.05) is 17.2 Å². The summed E-state index contributed by atoms with van der Waals surface area (Å²) in [5, 5.41) is 13.9. The van der Waals surface area contributed by atoms with E-state index < -0.39 is 11.8 Å². The monoisotopic (exact) mass is 353 g/mol. The van der Waals surface area contributed by atoms with E-state index in [0.29, 0.717) is 12.3 Å². The van der Waals surface area contributed by atoms with E-state index in [1.54, 1.807) is 0 Å². The molecule has 0 aromatic heterocycles. The number of hydrogen-bond donors (Lipinski definition) is 2. The van der Waals surface area contributed by atoms with Crippen molar-refractivity contribution in [2.24, 2.45) is 5.92 Å². The molecule has 2 N–H and O–H groups in total. The van der Waals surface area contributed by atoms with Crippen LogP contribution in [0.15, 0.2) is 65.6 Å². The molecule has 25 heavy (non-hydrogen) atoms. The third-order valence-electron chi connectivity index (χ3n) is 3.44. The zero-order valence-corrected chi connectivity index (χ0v) is 14.5. The van der Waals surface area contributed by atoms with Gasteiger partial charge in [0.25, 0.3) is 0 Å². The Morgan fingerprint density at radius 3 is 2.20 bits per heavy atom. The average Bonchev–Trinajstić information content (AvgIpc) is 2.66. The van der Waals surface area contributed by atoms with Crippen LogP contribution in [0.25, 0.3) is 0 Å². The largest absolute Gasteiger partial charge is 0.351 e. The molecular formula is C19H19N3O2S. The molecule has 0 bridgehead atoms. The first-order valence-corrected chi connectivity index (χ1v) is 8.83. The molecule has 0 spiro atoms. The molecule has 128 valence electrons. The maximum Gasteiger partial charge on any atom is 0.234 e. The molecule has 0 heterocycles. The lowest BCUT2D eigenvalue weighted by molar-refractivity contribution is -0.134. The van der Waals surface area contributed by atoms with Crippen molar-refractivity contribution >= 4 is 23.6 Å². The SMILES string of the molecule is N#CCNC(=O)C(CSc1ccccc1)C(=O)NCc1ccccc1. The van der Waals surface area contributed by atoms with Crippen LogP contribution in [0.5, 0.6) is 0 Å². The summed E-state index contributed by atoms with van der Waals surface area (Å²) >= 11 is 1.44. The molecule has 0 saturated carbocycles. The van der Waals surface area contributed by atoms with Crippen molar-refractivity contribution in [3.05, 3.63) is 66.2 Å². The van der Waals surface area contributed by atoms with Gasteiger partial charge in [0.15, 0.2) is 0 Å². The standard InChI is InChI=1S/C19H19N3O2S/c20-11-12-21-18(23)17(14-25-16-9-5-2-6-10-16)19(24)22-13-15-7-3-1-4-8-15/h1-10,17H,12-14H2,(H,21,23)(H,22,24). The first-order valence-electron chi connectivity index (χ1n) is 7.85. The molecule has 5 nitrogen and oxygen atoms in total. The lowest BCUT2D eigenvalue weighted by atomic mass is 10.1. The van der Waals surface area contributed by atoms with Gasteiger partial charge >= 0.3 is 0 Å². The number of nitrogens with one attached hydrogen (secondary N) is 2. The van der Waals surface area contributed by atoms with Crippen LogP contribution >= 0.6 is 11.8 Å². The molecule has 6 heteroatoms. The van der Waals surface area contributed by atoms with Crippen LogP contribution in [0.3, 0.4) is 0 Å². The lowest BCUT2D eigenvalue weighted by Gasteiger charge is -2.16. The van der Waals surface area contributed by atoms with E-state index in [0.717, 1.165) is 10.5 Å². The summed E-state index contributed by atoms with van der Waals surface area (Å²) < 4.78 is 0. The molecule has 0 saturated heterocycles. The molecule has 1 unspecified atom stereocenters. The molecule has 0 radical (unpaired) electrons. The van der Waals surface area contributed by atoms with Gasteiger partial charge in [-0.25, -0.2) is 0 Å². The van der Waals surface area contributed by atoms with Crippen molar-refractivity contribution in [3.8, 4) is 6.07 Å². The van der Waals surface area contributed by atoms with E-state index in [1.807, 2.05) is 66.7 Å². The second kappa shape index (κ2) is 10.2. The second-order valence-corrected chi connectivity index (χ2v) is 6.35. The maximum absolute atomic E-state index is 12.5. The molecule has 2 aromatic carbocycles. The van der Waals surface area contributed by atoms with Crippen molar-refractivity contribution < 1.29 is 9.59 Å². The zero-order valence-electron chi connectivity index (χ0n) is 13.6. The highest BCUT2D eigenvalue weighted by atomic mass is 32.2. The number of benzene rings is 2. The summed E-state index contributed by atoms with van der Waals surface area (Å²) in [5.74, 6) is -1.33. The Morgan fingerprint density at radius 1 is 0.960 bits per heavy atom. The van der Waals surface area contributed by atoms with Crippen molar-refractivity contribution in [2.75, 3.05) is 12.3 Å². The Balaban J connectivity index is 1.98. The lowest BCUT2D eigenvalue weighted by Crippen LogP contribution is -2.42. The second-order valence-electron chi connectivity index (χ2n) is 5.26. The molecule has 0 aliphatic rings. The van der Waals surface area contributed by atoms with Gasteiger partial charge in [0.1, 0.15) is 12.5 Å². The van der Waals surface area contributed by atoms with Crippen molar-refractivity contribution in [2.45, 2.75) is 11.4 Å². The quantitative estimate of drug-likeness (QED) is 0.434. The number of hydrogen-bond acceptors (Lipinski definition) is 4. The molecule has 0 aliphatic carbocycles. The van der Waals surface area contributed by atoms with Gasteiger partial charge in [-0.05, 0) is 17.7 Å². The predicted octanol–water partition coefficient (Wildman–Crippen LogP) is 2.35. The van der Waals surface area contributed by atoms with Gasteiger partial charge in [0.05, 0.1) is 6.07 Å². The number of carbonyl (C=O) groups is 2. The summed E-state index contributed by atoms with van der Waals surface area (Å²) in [6, 6.07) is 20.9. The topological polar surface area (TPSA) is 82.0 Å². The Bertz CT molecular complexity index is 729. The summed E-state index contributed by atoms with van der Waals surface area (Å²) in [7, 11) is 0. The highest BCUT2D eigenvalue weighted by Gasteiger charge is 2.26. The van der Waals surface area contributed by atoms with Crippen molar-refractivity contribution in [1.82, 2.24) is 10.6 Å². The molecular weight excluding hydrogens is 334 g/mol. The maximum atomic E-state index is 12.5. The number of amides is 2. The minimum Gasteiger partial charge on any atom is -0.351 e. The van der Waals surface area contributed by atoms with Crippen LogP contribution in [0.4, 0.5) is 0 Å². The van der Waals surface area contributed by atoms with Crippen LogP contribution in [-0.2, 0) is 16.1 Å². The van der Waals surface area contributed by atoms with E-state index in [2.05, 4.69) is 10.6 Å². The first kappa shape index (κ1) is 18.6. The van der Waals surface area contributed by atoms with Crippen molar-refractivity contribution in [3.63, 3.8) is 0 Å². The van der Waals surface area contributed by atoms with Crippen molar-refractivity contribution in [1.29, 1.82) is 5.26 Å². The van der Waals surface area contributed by atoms with Gasteiger partial charge in [-0.15, -0.1) is 11.8 Å². The first-order chi connectivity index (χ1) is 12.2. The molecule has 0 fully saturated rings. The summed E-state index contributed by atoms with van der Waals surface area (Å²) in [6.07, 6.45) is 0. The summed E-state index contributed by atoms with van der Waals surface area (Å²) in [6.45, 7) is 0.245. The molecule has 1 atom stereocenters. The number of carbonyl (C=O) groups excluding carboxylic acids is 2. The number of nitriles is 1. The van der Waals surface area contributed by atoms with Crippen LogP contribution in [0.2, 0.25) is 0 Å². The highest BCUT2D eigenvalue weighted by molar-refractivity contribution is 7.99. The van der Waals surface area contributed by atoms with Crippen LogP contribution in [-0.4, -0.2) is 24.1 Å². The molecule has 0 aliphatic heterocycles. The Kier molecular flexibility index (Phi) is 7.54. The molecule has 2 aromatic rings. The fourth-order valence-corrected chi connectivity index (χ4v) is 3.14.